The molecule has 0 amide bonds. The highest BCUT2D eigenvalue weighted by molar-refractivity contribution is 5.96. The third-order valence-electron chi connectivity index (χ3n) is 2.81. The van der Waals surface area contributed by atoms with Gasteiger partial charge in [-0.05, 0) is 30.0 Å². The van der Waals surface area contributed by atoms with Crippen molar-refractivity contribution in [3.05, 3.63) is 34.9 Å². The number of aromatic carboxylic acids is 2. The minimum atomic E-state index is -1.09. The Bertz CT molecular complexity index is 404. The Balaban J connectivity index is 0.000000555. The van der Waals surface area contributed by atoms with Crippen LogP contribution in [-0.4, -0.2) is 22.2 Å². The fraction of sp³-hybridized carbons (Fsp3) is 0.467. The van der Waals surface area contributed by atoms with Gasteiger partial charge in [-0.15, -0.1) is 0 Å². The van der Waals surface area contributed by atoms with Crippen molar-refractivity contribution in [2.24, 2.45) is 5.92 Å². The molecule has 0 fully saturated rings. The molecule has 106 valence electrons. The zero-order chi connectivity index (χ0) is 15.0. The molecule has 0 atom stereocenters. The molecule has 0 unspecified atom stereocenters. The Morgan fingerprint density at radius 2 is 1.42 bits per heavy atom. The van der Waals surface area contributed by atoms with Crippen LogP contribution < -0.4 is 0 Å². The second kappa shape index (κ2) is 8.29. The minimum absolute atomic E-state index is 0.0624. The van der Waals surface area contributed by atoms with Crippen molar-refractivity contribution in [1.29, 1.82) is 0 Å². The summed E-state index contributed by atoms with van der Waals surface area (Å²) in [5.74, 6) is -1.30. The van der Waals surface area contributed by atoms with E-state index in [4.69, 9.17) is 10.2 Å². The van der Waals surface area contributed by atoms with Gasteiger partial charge in [-0.1, -0.05) is 40.2 Å². The van der Waals surface area contributed by atoms with E-state index in [-0.39, 0.29) is 11.1 Å². The Morgan fingerprint density at radius 1 is 1.05 bits per heavy atom. The van der Waals surface area contributed by atoms with Gasteiger partial charge in [-0.2, -0.15) is 0 Å². The zero-order valence-corrected chi connectivity index (χ0v) is 11.9. The van der Waals surface area contributed by atoms with Crippen molar-refractivity contribution in [3.63, 3.8) is 0 Å². The highest BCUT2D eigenvalue weighted by Gasteiger charge is 2.15. The average Bonchev–Trinajstić information content (AvgIpc) is 2.37. The van der Waals surface area contributed by atoms with Crippen molar-refractivity contribution >= 4 is 11.9 Å². The third kappa shape index (κ3) is 5.55. The van der Waals surface area contributed by atoms with Gasteiger partial charge in [0.05, 0.1) is 11.1 Å². The van der Waals surface area contributed by atoms with Crippen molar-refractivity contribution in [3.8, 4) is 0 Å². The second-order valence-corrected chi connectivity index (χ2v) is 4.60. The molecule has 0 aliphatic heterocycles. The predicted octanol–water partition coefficient (Wildman–Crippen LogP) is 3.70. The first kappa shape index (κ1) is 17.2. The van der Waals surface area contributed by atoms with E-state index in [1.165, 1.54) is 24.6 Å². The molecule has 2 N–H and O–H groups in total. The lowest BCUT2D eigenvalue weighted by Gasteiger charge is -2.06. The van der Waals surface area contributed by atoms with E-state index in [2.05, 4.69) is 20.8 Å². The molecular weight excluding hydrogens is 244 g/mol. The van der Waals surface area contributed by atoms with Crippen molar-refractivity contribution in [2.75, 3.05) is 0 Å². The van der Waals surface area contributed by atoms with Gasteiger partial charge >= 0.3 is 11.9 Å². The van der Waals surface area contributed by atoms with Gasteiger partial charge < -0.3 is 10.2 Å². The summed E-state index contributed by atoms with van der Waals surface area (Å²) in [4.78, 5) is 21.5. The number of carboxylic acid groups (broad SMARTS) is 2. The van der Waals surface area contributed by atoms with Gasteiger partial charge in [0.2, 0.25) is 0 Å². The molecule has 0 aromatic heterocycles. The van der Waals surface area contributed by atoms with E-state index in [1.807, 2.05) is 0 Å². The van der Waals surface area contributed by atoms with E-state index >= 15 is 0 Å². The van der Waals surface area contributed by atoms with Gasteiger partial charge in [0.25, 0.3) is 0 Å². The van der Waals surface area contributed by atoms with E-state index < -0.39 is 11.9 Å². The average molecular weight is 266 g/mol. The van der Waals surface area contributed by atoms with Crippen LogP contribution in [0.25, 0.3) is 0 Å². The maximum atomic E-state index is 10.8. The Hall–Kier alpha value is -1.84. The molecular formula is C15H22O4. The number of carboxylic acids is 2. The van der Waals surface area contributed by atoms with Crippen LogP contribution in [0.1, 0.15) is 60.4 Å². The summed E-state index contributed by atoms with van der Waals surface area (Å²) < 4.78 is 0. The fourth-order valence-electron chi connectivity index (χ4n) is 1.37. The lowest BCUT2D eigenvalue weighted by Crippen LogP contribution is -2.08. The fourth-order valence-corrected chi connectivity index (χ4v) is 1.37. The summed E-state index contributed by atoms with van der Waals surface area (Å²) in [6, 6.07) is 4.26. The molecule has 0 bridgehead atoms. The van der Waals surface area contributed by atoms with Gasteiger partial charge in [-0.3, -0.25) is 0 Å². The lowest BCUT2D eigenvalue weighted by atomic mass is 9.99. The first-order valence-electron chi connectivity index (χ1n) is 6.43. The first-order valence-corrected chi connectivity index (χ1v) is 6.43. The molecule has 4 nitrogen and oxygen atoms in total. The largest absolute Gasteiger partial charge is 0.478 e. The van der Waals surface area contributed by atoms with E-state index in [9.17, 15) is 9.59 Å². The van der Waals surface area contributed by atoms with Crippen molar-refractivity contribution in [1.82, 2.24) is 0 Å². The molecule has 0 saturated heterocycles. The molecule has 19 heavy (non-hydrogen) atoms. The maximum Gasteiger partial charge on any atom is 0.335 e. The summed E-state index contributed by atoms with van der Waals surface area (Å²) in [6.45, 7) is 8.37. The number of hydrogen-bond acceptors (Lipinski definition) is 2. The quantitative estimate of drug-likeness (QED) is 0.871. The number of rotatable bonds is 4. The minimum Gasteiger partial charge on any atom is -0.478 e. The van der Waals surface area contributed by atoms with Crippen LogP contribution in [0.4, 0.5) is 0 Å². The van der Waals surface area contributed by atoms with Crippen LogP contribution in [0.5, 0.6) is 0 Å². The van der Waals surface area contributed by atoms with Gasteiger partial charge in [0.1, 0.15) is 0 Å². The molecule has 0 saturated carbocycles. The molecule has 0 radical (unpaired) electrons. The number of benzene rings is 1. The summed E-state index contributed by atoms with van der Waals surface area (Å²) in [5.41, 5.74) is 0.493. The lowest BCUT2D eigenvalue weighted by molar-refractivity contribution is 0.0695. The van der Waals surface area contributed by atoms with Gasteiger partial charge in [-0.25, -0.2) is 9.59 Å². The molecule has 1 rings (SSSR count). The molecule has 0 heterocycles. The molecule has 0 aliphatic rings. The third-order valence-corrected chi connectivity index (χ3v) is 2.81. The van der Waals surface area contributed by atoms with E-state index in [1.54, 1.807) is 6.92 Å². The summed E-state index contributed by atoms with van der Waals surface area (Å²) >= 11 is 0. The van der Waals surface area contributed by atoms with Gasteiger partial charge in [0.15, 0.2) is 0 Å². The molecule has 0 aliphatic carbocycles. The summed E-state index contributed by atoms with van der Waals surface area (Å²) in [5, 5.41) is 17.6. The number of hydrogen-bond donors (Lipinski definition) is 2. The predicted molar refractivity (Wildman–Crippen MR) is 74.9 cm³/mol. The van der Waals surface area contributed by atoms with Crippen molar-refractivity contribution < 1.29 is 19.8 Å². The molecule has 4 heteroatoms. The van der Waals surface area contributed by atoms with Gasteiger partial charge in [0, 0.05) is 0 Å². The van der Waals surface area contributed by atoms with Crippen LogP contribution in [0.2, 0.25) is 0 Å². The number of carbonyl (C=O) groups is 2. The maximum absolute atomic E-state index is 10.8. The van der Waals surface area contributed by atoms with E-state index in [0.717, 1.165) is 5.92 Å². The molecule has 1 aromatic rings. The van der Waals surface area contributed by atoms with Crippen LogP contribution in [0.15, 0.2) is 18.2 Å². The van der Waals surface area contributed by atoms with Crippen molar-refractivity contribution in [2.45, 2.75) is 40.5 Å². The smallest absolute Gasteiger partial charge is 0.335 e. The Morgan fingerprint density at radius 3 is 1.63 bits per heavy atom. The van der Waals surface area contributed by atoms with E-state index in [0.29, 0.717) is 12.0 Å². The standard InChI is InChI=1S/C10H10O4.C5H12/c1-2-6-7(9(11)12)4-3-5-8(6)10(13)14;1-4-5(2)3/h3-5H,2H2,1H3,(H,11,12)(H,13,14);5H,4H2,1-3H3. The van der Waals surface area contributed by atoms with Crippen LogP contribution in [0, 0.1) is 5.92 Å². The summed E-state index contributed by atoms with van der Waals surface area (Å²) in [6.07, 6.45) is 1.70. The van der Waals surface area contributed by atoms with Crippen LogP contribution in [-0.2, 0) is 6.42 Å². The molecule has 0 spiro atoms. The SMILES string of the molecule is CCC(C)C.CCc1c(C(=O)O)cccc1C(=O)O. The van der Waals surface area contributed by atoms with Crippen LogP contribution >= 0.6 is 0 Å². The Kier molecular flexibility index (Phi) is 7.49. The first-order chi connectivity index (χ1) is 8.84. The monoisotopic (exact) mass is 266 g/mol. The normalized spacial score (nSPS) is 9.74. The Labute approximate surface area is 114 Å². The topological polar surface area (TPSA) is 74.6 Å². The molecule has 1 aromatic carbocycles. The zero-order valence-electron chi connectivity index (χ0n) is 11.9. The second-order valence-electron chi connectivity index (χ2n) is 4.60. The summed E-state index contributed by atoms with van der Waals surface area (Å²) in [7, 11) is 0. The highest BCUT2D eigenvalue weighted by atomic mass is 16.4. The highest BCUT2D eigenvalue weighted by Crippen LogP contribution is 2.15. The van der Waals surface area contributed by atoms with Crippen LogP contribution in [0.3, 0.4) is 0 Å².